The molecule has 1 aromatic carbocycles. The highest BCUT2D eigenvalue weighted by Gasteiger charge is 2.13. The lowest BCUT2D eigenvalue weighted by Crippen LogP contribution is -1.94. The first kappa shape index (κ1) is 14.3. The molecule has 0 radical (unpaired) electrons. The summed E-state index contributed by atoms with van der Waals surface area (Å²) in [5, 5.41) is 10.7. The molecule has 0 fully saturated rings. The van der Waals surface area contributed by atoms with Gasteiger partial charge in [-0.2, -0.15) is 0 Å². The van der Waals surface area contributed by atoms with E-state index in [9.17, 15) is 4.79 Å². The Morgan fingerprint density at radius 3 is 2.72 bits per heavy atom. The number of halogens is 1. The zero-order valence-corrected chi connectivity index (χ0v) is 11.2. The number of rotatable bonds is 3. The van der Waals surface area contributed by atoms with Crippen LogP contribution in [0.3, 0.4) is 0 Å². The van der Waals surface area contributed by atoms with Crippen LogP contribution in [0, 0.1) is 0 Å². The predicted octanol–water partition coefficient (Wildman–Crippen LogP) is 3.13. The fourth-order valence-electron chi connectivity index (χ4n) is 1.60. The van der Waals surface area contributed by atoms with E-state index in [-0.39, 0.29) is 12.4 Å². The van der Waals surface area contributed by atoms with E-state index in [1.807, 2.05) is 12.1 Å². The molecule has 1 heterocycles. The summed E-state index contributed by atoms with van der Waals surface area (Å²) in [4.78, 5) is 11.1. The van der Waals surface area contributed by atoms with Crippen molar-refractivity contribution in [3.63, 3.8) is 0 Å². The third-order valence-corrected chi connectivity index (χ3v) is 3.29. The number of hydrogen-bond acceptors (Lipinski definition) is 4. The van der Waals surface area contributed by atoms with Crippen molar-refractivity contribution in [2.24, 2.45) is 0 Å². The zero-order chi connectivity index (χ0) is 12.4. The number of nitrogen functional groups attached to an aromatic ring is 1. The molecule has 0 saturated carbocycles. The van der Waals surface area contributed by atoms with Gasteiger partial charge in [0, 0.05) is 5.56 Å². The van der Waals surface area contributed by atoms with Crippen LogP contribution < -0.4 is 10.5 Å². The summed E-state index contributed by atoms with van der Waals surface area (Å²) in [5.41, 5.74) is 7.94. The highest BCUT2D eigenvalue weighted by molar-refractivity contribution is 7.12. The summed E-state index contributed by atoms with van der Waals surface area (Å²) < 4.78 is 5.23. The molecule has 1 aromatic heterocycles. The van der Waals surface area contributed by atoms with Crippen LogP contribution in [0.1, 0.15) is 9.67 Å². The van der Waals surface area contributed by atoms with Gasteiger partial charge in [0.1, 0.15) is 10.6 Å². The van der Waals surface area contributed by atoms with Crippen molar-refractivity contribution in [1.82, 2.24) is 0 Å². The Labute approximate surface area is 114 Å². The number of carboxylic acids is 1. The molecule has 4 nitrogen and oxygen atoms in total. The van der Waals surface area contributed by atoms with Crippen LogP contribution in [0.5, 0.6) is 5.75 Å². The minimum atomic E-state index is -0.927. The summed E-state index contributed by atoms with van der Waals surface area (Å²) in [5.74, 6) is -0.355. The van der Waals surface area contributed by atoms with Crippen molar-refractivity contribution in [3.05, 3.63) is 34.5 Å². The fourth-order valence-corrected chi connectivity index (χ4v) is 2.34. The second-order valence-electron chi connectivity index (χ2n) is 3.43. The van der Waals surface area contributed by atoms with E-state index in [1.165, 1.54) is 11.3 Å². The SMILES string of the molecule is COc1c(N)cccc1-c1csc(C(=O)O)c1.Cl. The van der Waals surface area contributed by atoms with Gasteiger partial charge in [0.05, 0.1) is 12.8 Å². The van der Waals surface area contributed by atoms with E-state index in [1.54, 1.807) is 24.6 Å². The maximum Gasteiger partial charge on any atom is 0.345 e. The van der Waals surface area contributed by atoms with Crippen LogP contribution in [0.4, 0.5) is 5.69 Å². The number of carboxylic acid groups (broad SMARTS) is 1. The molecule has 0 saturated heterocycles. The first-order chi connectivity index (χ1) is 8.13. The quantitative estimate of drug-likeness (QED) is 0.850. The second-order valence-corrected chi connectivity index (χ2v) is 4.34. The van der Waals surface area contributed by atoms with Gasteiger partial charge in [-0.05, 0) is 23.1 Å². The predicted molar refractivity (Wildman–Crippen MR) is 74.9 cm³/mol. The van der Waals surface area contributed by atoms with Crippen molar-refractivity contribution in [1.29, 1.82) is 0 Å². The average molecular weight is 286 g/mol. The third kappa shape index (κ3) is 2.57. The maximum atomic E-state index is 10.8. The lowest BCUT2D eigenvalue weighted by atomic mass is 10.1. The van der Waals surface area contributed by atoms with E-state index < -0.39 is 5.97 Å². The molecule has 0 atom stereocenters. The Morgan fingerprint density at radius 2 is 2.17 bits per heavy atom. The monoisotopic (exact) mass is 285 g/mol. The van der Waals surface area contributed by atoms with Crippen LogP contribution in [0.15, 0.2) is 29.6 Å². The van der Waals surface area contributed by atoms with Crippen molar-refractivity contribution in [2.45, 2.75) is 0 Å². The van der Waals surface area contributed by atoms with Gasteiger partial charge in [-0.1, -0.05) is 12.1 Å². The van der Waals surface area contributed by atoms with Crippen LogP contribution in [-0.2, 0) is 0 Å². The van der Waals surface area contributed by atoms with Gasteiger partial charge in [-0.25, -0.2) is 4.79 Å². The minimum Gasteiger partial charge on any atom is -0.494 e. The largest absolute Gasteiger partial charge is 0.494 e. The molecule has 96 valence electrons. The van der Waals surface area contributed by atoms with Crippen LogP contribution >= 0.6 is 23.7 Å². The molecular formula is C12H12ClNO3S. The Balaban J connectivity index is 0.00000162. The van der Waals surface area contributed by atoms with E-state index in [4.69, 9.17) is 15.6 Å². The Kier molecular flexibility index (Phi) is 4.58. The molecule has 0 spiro atoms. The standard InChI is InChI=1S/C12H11NO3S.ClH/c1-16-11-8(3-2-4-9(11)13)7-5-10(12(14)15)17-6-7;/h2-6H,13H2,1H3,(H,14,15);1H. The van der Waals surface area contributed by atoms with Crippen LogP contribution in [0.25, 0.3) is 11.1 Å². The lowest BCUT2D eigenvalue weighted by molar-refractivity contribution is 0.0702. The van der Waals surface area contributed by atoms with Gasteiger partial charge in [0.2, 0.25) is 0 Å². The number of benzene rings is 1. The zero-order valence-electron chi connectivity index (χ0n) is 9.54. The van der Waals surface area contributed by atoms with Crippen molar-refractivity contribution in [3.8, 4) is 16.9 Å². The molecule has 2 rings (SSSR count). The maximum absolute atomic E-state index is 10.8. The Hall–Kier alpha value is -1.72. The first-order valence-electron chi connectivity index (χ1n) is 4.88. The average Bonchev–Trinajstić information content (AvgIpc) is 2.77. The smallest absolute Gasteiger partial charge is 0.345 e. The minimum absolute atomic E-state index is 0. The number of thiophene rings is 1. The molecule has 0 aliphatic rings. The summed E-state index contributed by atoms with van der Waals surface area (Å²) in [6.45, 7) is 0. The Morgan fingerprint density at radius 1 is 1.44 bits per heavy atom. The fraction of sp³-hybridized carbons (Fsp3) is 0.0833. The number of ether oxygens (including phenoxy) is 1. The van der Waals surface area contributed by atoms with Gasteiger partial charge in [-0.15, -0.1) is 23.7 Å². The van der Waals surface area contributed by atoms with Gasteiger partial charge in [0.15, 0.2) is 0 Å². The molecule has 0 unspecified atom stereocenters. The topological polar surface area (TPSA) is 72.5 Å². The third-order valence-electron chi connectivity index (χ3n) is 2.37. The highest BCUT2D eigenvalue weighted by Crippen LogP contribution is 2.36. The molecule has 0 aliphatic heterocycles. The van der Waals surface area contributed by atoms with Gasteiger partial charge in [-0.3, -0.25) is 0 Å². The molecule has 0 aliphatic carbocycles. The number of carbonyl (C=O) groups is 1. The van der Waals surface area contributed by atoms with Gasteiger partial charge < -0.3 is 15.6 Å². The molecule has 0 amide bonds. The highest BCUT2D eigenvalue weighted by atomic mass is 35.5. The number of hydrogen-bond donors (Lipinski definition) is 2. The molecule has 2 aromatic rings. The number of para-hydroxylation sites is 1. The number of aromatic carboxylic acids is 1. The van der Waals surface area contributed by atoms with Gasteiger partial charge in [0.25, 0.3) is 0 Å². The van der Waals surface area contributed by atoms with E-state index >= 15 is 0 Å². The normalized spacial score (nSPS) is 9.61. The van der Waals surface area contributed by atoms with Crippen molar-refractivity contribution >= 4 is 35.4 Å². The van der Waals surface area contributed by atoms with Crippen molar-refractivity contribution in [2.75, 3.05) is 12.8 Å². The van der Waals surface area contributed by atoms with Crippen LogP contribution in [-0.4, -0.2) is 18.2 Å². The van der Waals surface area contributed by atoms with Crippen LogP contribution in [0.2, 0.25) is 0 Å². The van der Waals surface area contributed by atoms with E-state index in [0.29, 0.717) is 16.3 Å². The molecule has 6 heteroatoms. The second kappa shape index (κ2) is 5.75. The van der Waals surface area contributed by atoms with Gasteiger partial charge >= 0.3 is 5.97 Å². The lowest BCUT2D eigenvalue weighted by Gasteiger charge is -2.09. The molecule has 18 heavy (non-hydrogen) atoms. The number of anilines is 1. The molecule has 3 N–H and O–H groups in total. The molecular weight excluding hydrogens is 274 g/mol. The Bertz CT molecular complexity index is 568. The van der Waals surface area contributed by atoms with Crippen molar-refractivity contribution < 1.29 is 14.6 Å². The molecule has 0 bridgehead atoms. The van der Waals surface area contributed by atoms with E-state index in [2.05, 4.69) is 0 Å². The number of nitrogens with two attached hydrogens (primary N) is 1. The first-order valence-corrected chi connectivity index (χ1v) is 5.76. The summed E-state index contributed by atoms with van der Waals surface area (Å²) in [6.07, 6.45) is 0. The summed E-state index contributed by atoms with van der Waals surface area (Å²) >= 11 is 1.18. The number of methoxy groups -OCH3 is 1. The summed E-state index contributed by atoms with van der Waals surface area (Å²) in [6, 6.07) is 7.02. The summed E-state index contributed by atoms with van der Waals surface area (Å²) in [7, 11) is 1.54. The van der Waals surface area contributed by atoms with E-state index in [0.717, 1.165) is 11.1 Å².